The molecule has 1 aliphatic rings. The topological polar surface area (TPSA) is 32.3 Å². The van der Waals surface area contributed by atoms with E-state index in [0.29, 0.717) is 17.9 Å². The summed E-state index contributed by atoms with van der Waals surface area (Å²) in [6.07, 6.45) is 6.41. The van der Waals surface area contributed by atoms with Gasteiger partial charge < -0.3 is 10.4 Å². The third kappa shape index (κ3) is 4.42. The lowest BCUT2D eigenvalue weighted by atomic mass is 9.69. The summed E-state index contributed by atoms with van der Waals surface area (Å²) >= 11 is 0. The number of aliphatic hydroxyl groups is 1. The van der Waals surface area contributed by atoms with E-state index in [9.17, 15) is 5.11 Å². The van der Waals surface area contributed by atoms with Crippen molar-refractivity contribution in [2.24, 2.45) is 17.3 Å². The van der Waals surface area contributed by atoms with Gasteiger partial charge in [-0.05, 0) is 62.4 Å². The van der Waals surface area contributed by atoms with Crippen LogP contribution in [0.5, 0.6) is 0 Å². The highest BCUT2D eigenvalue weighted by molar-refractivity contribution is 4.82. The second-order valence-electron chi connectivity index (χ2n) is 6.09. The Kier molecular flexibility index (Phi) is 5.77. The average molecular weight is 227 g/mol. The summed E-state index contributed by atoms with van der Waals surface area (Å²) in [6, 6.07) is 0. The van der Waals surface area contributed by atoms with E-state index < -0.39 is 0 Å². The molecule has 16 heavy (non-hydrogen) atoms. The smallest absolute Gasteiger partial charge is 0.0462 e. The Labute approximate surface area is 101 Å². The predicted octanol–water partition coefficient (Wildman–Crippen LogP) is 2.81. The zero-order valence-corrected chi connectivity index (χ0v) is 11.3. The maximum atomic E-state index is 9.48. The second-order valence-corrected chi connectivity index (χ2v) is 6.09. The first-order valence-corrected chi connectivity index (χ1v) is 6.90. The molecule has 1 unspecified atom stereocenters. The number of aliphatic hydroxyl groups excluding tert-OH is 1. The molecule has 96 valence electrons. The van der Waals surface area contributed by atoms with Crippen molar-refractivity contribution >= 4 is 0 Å². The molecule has 2 nitrogen and oxygen atoms in total. The maximum Gasteiger partial charge on any atom is 0.0462 e. The minimum absolute atomic E-state index is 0.372. The van der Waals surface area contributed by atoms with Crippen LogP contribution in [0.1, 0.15) is 52.9 Å². The van der Waals surface area contributed by atoms with Crippen LogP contribution in [0.15, 0.2) is 0 Å². The molecule has 0 aromatic carbocycles. The van der Waals surface area contributed by atoms with Crippen molar-refractivity contribution in [3.05, 3.63) is 0 Å². The van der Waals surface area contributed by atoms with E-state index in [1.54, 1.807) is 0 Å². The molecule has 1 saturated carbocycles. The van der Waals surface area contributed by atoms with Crippen LogP contribution >= 0.6 is 0 Å². The van der Waals surface area contributed by atoms with Crippen LogP contribution < -0.4 is 5.32 Å². The molecular weight excluding hydrogens is 198 g/mol. The van der Waals surface area contributed by atoms with Gasteiger partial charge in [0.2, 0.25) is 0 Å². The van der Waals surface area contributed by atoms with Crippen LogP contribution in [-0.4, -0.2) is 24.8 Å². The lowest BCUT2D eigenvalue weighted by Gasteiger charge is -2.37. The molecule has 0 bridgehead atoms. The number of nitrogens with one attached hydrogen (secondary N) is 1. The van der Waals surface area contributed by atoms with Gasteiger partial charge in [0.05, 0.1) is 0 Å². The fraction of sp³-hybridized carbons (Fsp3) is 1.00. The molecule has 2 heteroatoms. The van der Waals surface area contributed by atoms with Gasteiger partial charge in [0.1, 0.15) is 0 Å². The van der Waals surface area contributed by atoms with Crippen molar-refractivity contribution in [1.82, 2.24) is 5.32 Å². The van der Waals surface area contributed by atoms with Crippen LogP contribution in [0, 0.1) is 17.3 Å². The van der Waals surface area contributed by atoms with E-state index >= 15 is 0 Å². The van der Waals surface area contributed by atoms with Crippen LogP contribution in [0.2, 0.25) is 0 Å². The summed E-state index contributed by atoms with van der Waals surface area (Å²) in [4.78, 5) is 0. The lowest BCUT2D eigenvalue weighted by Crippen LogP contribution is -2.30. The van der Waals surface area contributed by atoms with E-state index in [4.69, 9.17) is 0 Å². The van der Waals surface area contributed by atoms with Crippen molar-refractivity contribution in [3.8, 4) is 0 Å². The minimum Gasteiger partial charge on any atom is -0.396 e. The first-order chi connectivity index (χ1) is 7.59. The summed E-state index contributed by atoms with van der Waals surface area (Å²) in [5.74, 6) is 1.28. The molecule has 1 atom stereocenters. The standard InChI is InChI=1S/C14H29NO/c1-4-15-10-7-13(11-16)12-5-8-14(2,3)9-6-12/h12-13,15-16H,4-11H2,1-3H3. The summed E-state index contributed by atoms with van der Waals surface area (Å²) < 4.78 is 0. The van der Waals surface area contributed by atoms with Gasteiger partial charge in [0.25, 0.3) is 0 Å². The van der Waals surface area contributed by atoms with Gasteiger partial charge in [-0.1, -0.05) is 20.8 Å². The third-order valence-electron chi connectivity index (χ3n) is 4.23. The molecule has 2 N–H and O–H groups in total. The molecule has 0 aromatic heterocycles. The summed E-state index contributed by atoms with van der Waals surface area (Å²) in [5.41, 5.74) is 0.540. The third-order valence-corrected chi connectivity index (χ3v) is 4.23. The highest BCUT2D eigenvalue weighted by atomic mass is 16.3. The van der Waals surface area contributed by atoms with Gasteiger partial charge >= 0.3 is 0 Å². The Morgan fingerprint density at radius 2 is 1.94 bits per heavy atom. The Hall–Kier alpha value is -0.0800. The predicted molar refractivity (Wildman–Crippen MR) is 69.5 cm³/mol. The van der Waals surface area contributed by atoms with Crippen LogP contribution in [0.3, 0.4) is 0 Å². The first kappa shape index (κ1) is 14.0. The Morgan fingerprint density at radius 1 is 1.31 bits per heavy atom. The molecule has 0 amide bonds. The lowest BCUT2D eigenvalue weighted by molar-refractivity contribution is 0.100. The molecule has 0 saturated heterocycles. The highest BCUT2D eigenvalue weighted by Gasteiger charge is 2.30. The molecule has 0 spiro atoms. The summed E-state index contributed by atoms with van der Waals surface area (Å²) in [5, 5.41) is 12.8. The van der Waals surface area contributed by atoms with Crippen molar-refractivity contribution in [1.29, 1.82) is 0 Å². The molecule has 1 fully saturated rings. The Balaban J connectivity index is 2.31. The van der Waals surface area contributed by atoms with Gasteiger partial charge in [-0.3, -0.25) is 0 Å². The average Bonchev–Trinajstić information content (AvgIpc) is 2.25. The van der Waals surface area contributed by atoms with Crippen molar-refractivity contribution in [3.63, 3.8) is 0 Å². The Morgan fingerprint density at radius 3 is 2.44 bits per heavy atom. The maximum absolute atomic E-state index is 9.48. The van der Waals surface area contributed by atoms with Gasteiger partial charge in [0, 0.05) is 6.61 Å². The van der Waals surface area contributed by atoms with E-state index in [-0.39, 0.29) is 0 Å². The zero-order valence-electron chi connectivity index (χ0n) is 11.3. The van der Waals surface area contributed by atoms with E-state index in [2.05, 4.69) is 26.1 Å². The zero-order chi connectivity index (χ0) is 12.0. The molecular formula is C14H29NO. The van der Waals surface area contributed by atoms with Gasteiger partial charge in [-0.2, -0.15) is 0 Å². The summed E-state index contributed by atoms with van der Waals surface area (Å²) in [6.45, 7) is 9.34. The molecule has 0 aromatic rings. The molecule has 0 aliphatic heterocycles. The van der Waals surface area contributed by atoms with Gasteiger partial charge in [-0.15, -0.1) is 0 Å². The van der Waals surface area contributed by atoms with Gasteiger partial charge in [-0.25, -0.2) is 0 Å². The fourth-order valence-electron chi connectivity index (χ4n) is 2.83. The molecule has 0 heterocycles. The summed E-state index contributed by atoms with van der Waals surface area (Å²) in [7, 11) is 0. The number of rotatable bonds is 6. The van der Waals surface area contributed by atoms with Crippen LogP contribution in [-0.2, 0) is 0 Å². The van der Waals surface area contributed by atoms with Crippen molar-refractivity contribution in [2.45, 2.75) is 52.9 Å². The van der Waals surface area contributed by atoms with Gasteiger partial charge in [0.15, 0.2) is 0 Å². The monoisotopic (exact) mass is 227 g/mol. The minimum atomic E-state index is 0.372. The fourth-order valence-corrected chi connectivity index (χ4v) is 2.83. The second kappa shape index (κ2) is 6.61. The first-order valence-electron chi connectivity index (χ1n) is 6.90. The van der Waals surface area contributed by atoms with Crippen LogP contribution in [0.25, 0.3) is 0 Å². The number of hydrogen-bond donors (Lipinski definition) is 2. The SMILES string of the molecule is CCNCCC(CO)C1CCC(C)(C)CC1. The van der Waals surface area contributed by atoms with E-state index in [1.807, 2.05) is 0 Å². The largest absolute Gasteiger partial charge is 0.396 e. The molecule has 0 radical (unpaired) electrons. The quantitative estimate of drug-likeness (QED) is 0.684. The van der Waals surface area contributed by atoms with Crippen molar-refractivity contribution in [2.75, 3.05) is 19.7 Å². The van der Waals surface area contributed by atoms with Crippen molar-refractivity contribution < 1.29 is 5.11 Å². The Bertz CT molecular complexity index is 181. The molecule has 1 rings (SSSR count). The normalized spacial score (nSPS) is 23.2. The highest BCUT2D eigenvalue weighted by Crippen LogP contribution is 2.41. The van der Waals surface area contributed by atoms with E-state index in [1.165, 1.54) is 25.7 Å². The molecule has 1 aliphatic carbocycles. The van der Waals surface area contributed by atoms with Crippen LogP contribution in [0.4, 0.5) is 0 Å². The van der Waals surface area contributed by atoms with E-state index in [0.717, 1.165) is 25.4 Å². The number of hydrogen-bond acceptors (Lipinski definition) is 2.